The molecule has 0 aromatic heterocycles. The summed E-state index contributed by atoms with van der Waals surface area (Å²) in [6, 6.07) is 22.7. The minimum absolute atomic E-state index is 0.114. The van der Waals surface area contributed by atoms with Crippen LogP contribution in [0, 0.1) is 11.8 Å². The van der Waals surface area contributed by atoms with Crippen LogP contribution in [0.1, 0.15) is 42.0 Å². The van der Waals surface area contributed by atoms with Gasteiger partial charge in [-0.15, -0.1) is 0 Å². The molecule has 2 atom stereocenters. The molecule has 0 unspecified atom stereocenters. The van der Waals surface area contributed by atoms with Crippen molar-refractivity contribution in [3.8, 4) is 5.75 Å². The van der Waals surface area contributed by atoms with Crippen molar-refractivity contribution in [3.63, 3.8) is 0 Å². The third-order valence-corrected chi connectivity index (χ3v) is 7.58. The predicted octanol–water partition coefficient (Wildman–Crippen LogP) is 4.23. The average Bonchev–Trinajstić information content (AvgIpc) is 3.10. The molecule has 1 fully saturated rings. The van der Waals surface area contributed by atoms with Crippen LogP contribution in [0.2, 0.25) is 0 Å². The summed E-state index contributed by atoms with van der Waals surface area (Å²) in [7, 11) is 0. The van der Waals surface area contributed by atoms with Gasteiger partial charge in [-0.1, -0.05) is 60.7 Å². The third-order valence-electron chi connectivity index (χ3n) is 7.58. The van der Waals surface area contributed by atoms with E-state index in [4.69, 9.17) is 4.74 Å². The first-order chi connectivity index (χ1) is 16.0. The van der Waals surface area contributed by atoms with Gasteiger partial charge < -0.3 is 4.74 Å². The Hall–Kier alpha value is -3.73. The molecule has 5 heteroatoms. The number of nitrogens with zero attached hydrogens (tertiary/aromatic N) is 1. The Morgan fingerprint density at radius 1 is 0.879 bits per heavy atom. The minimum Gasteiger partial charge on any atom is -0.492 e. The Labute approximate surface area is 192 Å². The molecule has 1 aliphatic heterocycles. The van der Waals surface area contributed by atoms with Crippen LogP contribution in [0.4, 0.5) is 5.69 Å². The zero-order chi connectivity index (χ0) is 22.9. The normalized spacial score (nSPS) is 26.6. The van der Waals surface area contributed by atoms with E-state index in [2.05, 4.69) is 0 Å². The number of anilines is 1. The van der Waals surface area contributed by atoms with Gasteiger partial charge in [-0.3, -0.25) is 14.4 Å². The van der Waals surface area contributed by atoms with Crippen LogP contribution in [-0.4, -0.2) is 24.2 Å². The van der Waals surface area contributed by atoms with Gasteiger partial charge in [0.25, 0.3) is 0 Å². The number of carbonyl (C=O) groups excluding carboxylic acids is 3. The molecule has 4 aliphatic rings. The van der Waals surface area contributed by atoms with E-state index in [1.165, 1.54) is 4.90 Å². The smallest absolute Gasteiger partial charge is 0.239 e. The molecule has 0 saturated carbocycles. The van der Waals surface area contributed by atoms with E-state index in [1.54, 1.807) is 25.1 Å². The summed E-state index contributed by atoms with van der Waals surface area (Å²) in [4.78, 5) is 43.0. The molecule has 2 bridgehead atoms. The van der Waals surface area contributed by atoms with Crippen molar-refractivity contribution in [1.82, 2.24) is 0 Å². The van der Waals surface area contributed by atoms with E-state index in [9.17, 15) is 14.4 Å². The number of carbonyl (C=O) groups is 3. The molecular weight excluding hydrogens is 414 g/mol. The molecule has 0 spiro atoms. The Kier molecular flexibility index (Phi) is 4.15. The van der Waals surface area contributed by atoms with Crippen molar-refractivity contribution < 1.29 is 19.1 Å². The number of hydrogen-bond donors (Lipinski definition) is 0. The topological polar surface area (TPSA) is 63.7 Å². The van der Waals surface area contributed by atoms with Crippen molar-refractivity contribution in [1.29, 1.82) is 0 Å². The predicted molar refractivity (Wildman–Crippen MR) is 123 cm³/mol. The summed E-state index contributed by atoms with van der Waals surface area (Å²) >= 11 is 0. The number of rotatable bonds is 4. The van der Waals surface area contributed by atoms with Gasteiger partial charge in [0.15, 0.2) is 0 Å². The second-order valence-corrected chi connectivity index (χ2v) is 8.93. The van der Waals surface area contributed by atoms with Gasteiger partial charge >= 0.3 is 0 Å². The maximum Gasteiger partial charge on any atom is 0.239 e. The second kappa shape index (κ2) is 6.88. The third kappa shape index (κ3) is 2.29. The van der Waals surface area contributed by atoms with Gasteiger partial charge in [-0.25, -0.2) is 4.90 Å². The van der Waals surface area contributed by atoms with Gasteiger partial charge in [0.05, 0.1) is 29.5 Å². The molecule has 7 rings (SSSR count). The summed E-state index contributed by atoms with van der Waals surface area (Å²) in [5.74, 6) is -1.92. The number of ketones is 1. The maximum absolute atomic E-state index is 14.1. The second-order valence-electron chi connectivity index (χ2n) is 8.93. The Morgan fingerprint density at radius 3 is 2.06 bits per heavy atom. The van der Waals surface area contributed by atoms with Crippen molar-refractivity contribution in [3.05, 3.63) is 95.1 Å². The van der Waals surface area contributed by atoms with Crippen molar-refractivity contribution in [2.45, 2.75) is 25.2 Å². The standard InChI is InChI=1S/C28H23NO4/c1-3-33-22-15-9-8-14-21(22)29-26(31)24-23-17-10-4-6-12-19(17)28(16(2)30,25(24)27(29)32)20-13-7-5-11-18(20)23/h4-15,23-25H,3H2,1-2H3/t23?,24-,25-,28?/m0/s1. The van der Waals surface area contributed by atoms with E-state index in [1.807, 2.05) is 61.5 Å². The molecule has 3 aromatic carbocycles. The fourth-order valence-corrected chi connectivity index (χ4v) is 6.53. The highest BCUT2D eigenvalue weighted by atomic mass is 16.5. The molecule has 3 aliphatic carbocycles. The molecule has 0 radical (unpaired) electrons. The van der Waals surface area contributed by atoms with Crippen molar-refractivity contribution >= 4 is 23.3 Å². The number of para-hydroxylation sites is 2. The quantitative estimate of drug-likeness (QED) is 0.573. The van der Waals surface area contributed by atoms with Gasteiger partial charge in [-0.2, -0.15) is 0 Å². The van der Waals surface area contributed by atoms with Gasteiger partial charge in [-0.05, 0) is 48.2 Å². The molecule has 3 aromatic rings. The first-order valence-electron chi connectivity index (χ1n) is 11.3. The summed E-state index contributed by atoms with van der Waals surface area (Å²) in [5.41, 5.74) is 2.89. The number of benzene rings is 3. The number of amides is 2. The highest BCUT2D eigenvalue weighted by Crippen LogP contribution is 2.64. The molecular formula is C28H23NO4. The lowest BCUT2D eigenvalue weighted by atomic mass is 9.46. The molecule has 5 nitrogen and oxygen atoms in total. The summed E-state index contributed by atoms with van der Waals surface area (Å²) in [6.07, 6.45) is 0. The highest BCUT2D eigenvalue weighted by Gasteiger charge is 2.70. The molecule has 33 heavy (non-hydrogen) atoms. The Morgan fingerprint density at radius 2 is 1.45 bits per heavy atom. The number of ether oxygens (including phenoxy) is 1. The lowest BCUT2D eigenvalue weighted by Crippen LogP contribution is -2.57. The van der Waals surface area contributed by atoms with E-state index in [-0.39, 0.29) is 23.5 Å². The molecule has 164 valence electrons. The maximum atomic E-state index is 14.1. The van der Waals surface area contributed by atoms with Gasteiger partial charge in [0, 0.05) is 5.92 Å². The zero-order valence-corrected chi connectivity index (χ0v) is 18.4. The van der Waals surface area contributed by atoms with Crippen LogP contribution in [0.15, 0.2) is 72.8 Å². The summed E-state index contributed by atoms with van der Waals surface area (Å²) < 4.78 is 5.75. The van der Waals surface area contributed by atoms with Crippen LogP contribution in [-0.2, 0) is 19.8 Å². The number of hydrogen-bond acceptors (Lipinski definition) is 4. The Bertz CT molecular complexity index is 1300. The summed E-state index contributed by atoms with van der Waals surface area (Å²) in [5, 5.41) is 0. The average molecular weight is 437 g/mol. The lowest BCUT2D eigenvalue weighted by Gasteiger charge is -2.52. The molecule has 1 saturated heterocycles. The number of Topliss-reactive ketones (excluding diaryl/α,β-unsaturated/α-hetero) is 1. The van der Waals surface area contributed by atoms with Crippen LogP contribution in [0.5, 0.6) is 5.75 Å². The summed E-state index contributed by atoms with van der Waals surface area (Å²) in [6.45, 7) is 3.82. The minimum atomic E-state index is -1.19. The first-order valence-corrected chi connectivity index (χ1v) is 11.3. The zero-order valence-electron chi connectivity index (χ0n) is 18.4. The largest absolute Gasteiger partial charge is 0.492 e. The first kappa shape index (κ1) is 19.9. The molecule has 1 heterocycles. The van der Waals surface area contributed by atoms with Gasteiger partial charge in [0.1, 0.15) is 11.5 Å². The van der Waals surface area contributed by atoms with Crippen LogP contribution < -0.4 is 9.64 Å². The molecule has 0 N–H and O–H groups in total. The highest BCUT2D eigenvalue weighted by molar-refractivity contribution is 6.26. The van der Waals surface area contributed by atoms with Crippen LogP contribution >= 0.6 is 0 Å². The fraction of sp³-hybridized carbons (Fsp3) is 0.250. The SMILES string of the molecule is CCOc1ccccc1N1C(=O)[C@@H]2[C@@H](C1=O)C1c3ccccc3C2(C(C)=O)c2ccccc21. The number of imide groups is 1. The van der Waals surface area contributed by atoms with E-state index in [0.29, 0.717) is 18.0 Å². The van der Waals surface area contributed by atoms with Gasteiger partial charge in [0.2, 0.25) is 11.8 Å². The van der Waals surface area contributed by atoms with Crippen LogP contribution in [0.25, 0.3) is 0 Å². The van der Waals surface area contributed by atoms with E-state index < -0.39 is 17.3 Å². The fourth-order valence-electron chi connectivity index (χ4n) is 6.53. The van der Waals surface area contributed by atoms with E-state index in [0.717, 1.165) is 22.3 Å². The van der Waals surface area contributed by atoms with Crippen molar-refractivity contribution in [2.24, 2.45) is 11.8 Å². The Balaban J connectivity index is 1.64. The van der Waals surface area contributed by atoms with E-state index >= 15 is 0 Å². The van der Waals surface area contributed by atoms with Crippen LogP contribution in [0.3, 0.4) is 0 Å². The lowest BCUT2D eigenvalue weighted by molar-refractivity contribution is -0.132. The monoisotopic (exact) mass is 437 g/mol. The molecule has 2 amide bonds. The van der Waals surface area contributed by atoms with Crippen molar-refractivity contribution in [2.75, 3.05) is 11.5 Å².